The van der Waals surface area contributed by atoms with Crippen LogP contribution in [0.1, 0.15) is 128 Å². The van der Waals surface area contributed by atoms with E-state index in [9.17, 15) is 0 Å². The van der Waals surface area contributed by atoms with Crippen molar-refractivity contribution in [1.82, 2.24) is 0 Å². The molecule has 1 aliphatic heterocycles. The summed E-state index contributed by atoms with van der Waals surface area (Å²) in [5.74, 6) is 0. The molecule has 0 saturated heterocycles. The van der Waals surface area contributed by atoms with Crippen LogP contribution in [0.5, 0.6) is 0 Å². The topological polar surface area (TPSA) is 15.3 Å². The van der Waals surface area contributed by atoms with Crippen LogP contribution in [0.25, 0.3) is 44.5 Å². The molecule has 0 aromatic heterocycles. The summed E-state index contributed by atoms with van der Waals surface area (Å²) in [6, 6.07) is 62.3. The van der Waals surface area contributed by atoms with E-state index >= 15 is 0 Å². The molecule has 3 heteroatoms. The monoisotopic (exact) mass is 910 g/mol. The zero-order valence-electron chi connectivity index (χ0n) is 42.9. The second-order valence-electron chi connectivity index (χ2n) is 24.2. The average molecular weight is 910 g/mol. The summed E-state index contributed by atoms with van der Waals surface area (Å²) >= 11 is 0. The first kappa shape index (κ1) is 44.6. The third kappa shape index (κ3) is 7.04. The van der Waals surface area contributed by atoms with Crippen LogP contribution in [-0.4, -0.2) is 7.28 Å². The van der Waals surface area contributed by atoms with Gasteiger partial charge in [-0.3, -0.25) is 0 Å². The highest BCUT2D eigenvalue weighted by molar-refractivity contribution is 6.73. The van der Waals surface area contributed by atoms with Crippen molar-refractivity contribution in [2.45, 2.75) is 122 Å². The van der Waals surface area contributed by atoms with E-state index in [2.05, 4.69) is 251 Å². The summed E-state index contributed by atoms with van der Waals surface area (Å²) in [7, 11) is 2.56. The number of nitrogens with one attached hydrogen (secondary N) is 1. The van der Waals surface area contributed by atoms with Gasteiger partial charge in [0, 0.05) is 45.0 Å². The van der Waals surface area contributed by atoms with Crippen molar-refractivity contribution < 1.29 is 0 Å². The van der Waals surface area contributed by atoms with Crippen molar-refractivity contribution in [2.24, 2.45) is 0 Å². The van der Waals surface area contributed by atoms with E-state index in [1.54, 1.807) is 0 Å². The highest BCUT2D eigenvalue weighted by Gasteiger charge is 2.44. The van der Waals surface area contributed by atoms with Gasteiger partial charge in [-0.1, -0.05) is 190 Å². The molecule has 70 heavy (non-hydrogen) atoms. The van der Waals surface area contributed by atoms with E-state index in [-0.39, 0.29) is 27.1 Å². The molecular weight excluding hydrogens is 844 g/mol. The Morgan fingerprint density at radius 2 is 0.957 bits per heavy atom. The maximum atomic E-state index is 4.09. The molecule has 1 N–H and O–H groups in total. The Morgan fingerprint density at radius 1 is 0.414 bits per heavy atom. The lowest BCUT2D eigenvalue weighted by Gasteiger charge is -2.45. The Hall–Kier alpha value is -6.58. The van der Waals surface area contributed by atoms with Crippen LogP contribution in [0.4, 0.5) is 28.4 Å². The maximum Gasteiger partial charge on any atom is 0.197 e. The summed E-state index contributed by atoms with van der Waals surface area (Å²) in [5, 5.41) is 4.09. The normalized spacial score (nSPS) is 18.0. The highest BCUT2D eigenvalue weighted by Crippen LogP contribution is 2.57. The highest BCUT2D eigenvalue weighted by atomic mass is 15.2. The fraction of sp³-hybridized carbons (Fsp3) is 0.284. The van der Waals surface area contributed by atoms with Crippen molar-refractivity contribution in [2.75, 3.05) is 10.2 Å². The van der Waals surface area contributed by atoms with Gasteiger partial charge in [-0.25, -0.2) is 0 Å². The van der Waals surface area contributed by atoms with E-state index < -0.39 is 0 Å². The SMILES string of the molecule is CC1(C)CCC(C)(C)c2cc(Nc3ccc(-c4ccccc4)cc3-c3cc4c(c5c3[B]c3cc6c(cc3N5c3ccc(-c5ccccc5)cc3)C(C)(C)CCC6(C)C)-c3ccccc3C4(C)C)ccc21. The predicted molar refractivity (Wildman–Crippen MR) is 300 cm³/mol. The van der Waals surface area contributed by atoms with Gasteiger partial charge in [0.15, 0.2) is 7.28 Å². The van der Waals surface area contributed by atoms with E-state index in [4.69, 9.17) is 0 Å². The van der Waals surface area contributed by atoms with Gasteiger partial charge in [-0.2, -0.15) is 0 Å². The Morgan fingerprint density at radius 3 is 1.61 bits per heavy atom. The summed E-state index contributed by atoms with van der Waals surface area (Å²) < 4.78 is 0. The van der Waals surface area contributed by atoms with Crippen molar-refractivity contribution >= 4 is 46.6 Å². The molecule has 0 unspecified atom stereocenters. The second kappa shape index (κ2) is 15.7. The first-order valence-electron chi connectivity index (χ1n) is 25.8. The smallest absolute Gasteiger partial charge is 0.197 e. The molecule has 2 nitrogen and oxygen atoms in total. The quantitative estimate of drug-likeness (QED) is 0.167. The van der Waals surface area contributed by atoms with Gasteiger partial charge in [-0.15, -0.1) is 0 Å². The van der Waals surface area contributed by atoms with Gasteiger partial charge in [0.1, 0.15) is 0 Å². The number of hydrogen-bond acceptors (Lipinski definition) is 2. The molecular formula is C67H66BN2. The van der Waals surface area contributed by atoms with E-state index in [1.807, 2.05) is 0 Å². The Kier molecular flexibility index (Phi) is 10.0. The van der Waals surface area contributed by atoms with Crippen LogP contribution in [-0.2, 0) is 27.1 Å². The lowest BCUT2D eigenvalue weighted by Crippen LogP contribution is -2.44. The van der Waals surface area contributed by atoms with Crippen molar-refractivity contribution in [3.63, 3.8) is 0 Å². The Balaban J connectivity index is 1.15. The maximum absolute atomic E-state index is 4.09. The van der Waals surface area contributed by atoms with Gasteiger partial charge >= 0.3 is 0 Å². The molecule has 4 aliphatic rings. The van der Waals surface area contributed by atoms with Crippen molar-refractivity contribution in [3.8, 4) is 44.5 Å². The van der Waals surface area contributed by atoms with Crippen LogP contribution in [0, 0.1) is 0 Å². The van der Waals surface area contributed by atoms with Crippen LogP contribution >= 0.6 is 0 Å². The standard InChI is InChI=1S/C67H66BN2/c1-63(2)33-34-64(3,4)53-38-46(28-31-52(53)63)69-58-32-27-45(43-21-15-12-16-22-43)37-49(58)50-39-56-60(48-23-17-18-24-51(48)67(56,9)10)62-61(50)68-57-40-54-55(66(7,8)36-35-65(54,5)6)41-59(57)70(62)47-29-25-44(26-30-47)42-19-13-11-14-20-42/h11-32,37-41,69H,33-36H2,1-10H3. The predicted octanol–water partition coefficient (Wildman–Crippen LogP) is 16.9. The van der Waals surface area contributed by atoms with Crippen LogP contribution in [0.2, 0.25) is 0 Å². The number of hydrogen-bond donors (Lipinski definition) is 1. The number of benzene rings is 8. The van der Waals surface area contributed by atoms with Gasteiger partial charge in [0.05, 0.1) is 0 Å². The molecule has 347 valence electrons. The minimum absolute atomic E-state index is 0.0431. The molecule has 1 heterocycles. The molecule has 12 rings (SSSR count). The molecule has 0 atom stereocenters. The van der Waals surface area contributed by atoms with Crippen LogP contribution in [0.15, 0.2) is 164 Å². The fourth-order valence-corrected chi connectivity index (χ4v) is 12.9. The van der Waals surface area contributed by atoms with Crippen LogP contribution in [0.3, 0.4) is 0 Å². The fourth-order valence-electron chi connectivity index (χ4n) is 12.9. The molecule has 8 aromatic carbocycles. The largest absolute Gasteiger partial charge is 0.355 e. The number of rotatable bonds is 6. The van der Waals surface area contributed by atoms with Crippen LogP contribution < -0.4 is 21.1 Å². The summed E-state index contributed by atoms with van der Waals surface area (Å²) in [6.07, 6.45) is 4.69. The molecule has 1 radical (unpaired) electrons. The lowest BCUT2D eigenvalue weighted by molar-refractivity contribution is 0.332. The van der Waals surface area contributed by atoms with E-state index in [0.717, 1.165) is 24.2 Å². The number of nitrogens with zero attached hydrogens (tertiary/aromatic N) is 1. The number of anilines is 5. The first-order valence-corrected chi connectivity index (χ1v) is 25.8. The third-order valence-electron chi connectivity index (χ3n) is 17.4. The molecule has 0 fully saturated rings. The Bertz CT molecular complexity index is 3390. The molecule has 0 spiro atoms. The summed E-state index contributed by atoms with van der Waals surface area (Å²) in [6.45, 7) is 24.4. The second-order valence-corrected chi connectivity index (χ2v) is 24.2. The third-order valence-corrected chi connectivity index (χ3v) is 17.4. The first-order chi connectivity index (χ1) is 33.4. The zero-order valence-corrected chi connectivity index (χ0v) is 42.9. The minimum atomic E-state index is -0.248. The molecule has 8 aromatic rings. The summed E-state index contributed by atoms with van der Waals surface area (Å²) in [4.78, 5) is 2.65. The van der Waals surface area contributed by atoms with Crippen molar-refractivity contribution in [1.29, 1.82) is 0 Å². The van der Waals surface area contributed by atoms with Crippen molar-refractivity contribution in [3.05, 3.63) is 197 Å². The molecule has 0 amide bonds. The minimum Gasteiger partial charge on any atom is -0.355 e. The van der Waals surface area contributed by atoms with Gasteiger partial charge in [-0.05, 0) is 168 Å². The summed E-state index contributed by atoms with van der Waals surface area (Å²) in [5.41, 5.74) is 27.1. The molecule has 0 saturated carbocycles. The van der Waals surface area contributed by atoms with Gasteiger partial charge in [0.2, 0.25) is 0 Å². The van der Waals surface area contributed by atoms with E-state index in [0.29, 0.717) is 0 Å². The molecule has 3 aliphatic carbocycles. The average Bonchev–Trinajstić information content (AvgIpc) is 3.59. The van der Waals surface area contributed by atoms with Gasteiger partial charge < -0.3 is 10.2 Å². The molecule has 0 bridgehead atoms. The lowest BCUT2D eigenvalue weighted by atomic mass is 9.54. The number of fused-ring (bicyclic) bond motifs is 8. The van der Waals surface area contributed by atoms with Gasteiger partial charge in [0.25, 0.3) is 0 Å². The zero-order chi connectivity index (χ0) is 48.5. The van der Waals surface area contributed by atoms with E-state index in [1.165, 1.54) is 119 Å². The Labute approximate surface area is 418 Å².